The third kappa shape index (κ3) is 8.38. The average Bonchev–Trinajstić information content (AvgIpc) is 3.51. The first-order valence-electron chi connectivity index (χ1n) is 15.4. The monoisotopic (exact) mass is 630 g/mol. The minimum atomic E-state index is -1.57. The van der Waals surface area contributed by atoms with E-state index < -0.39 is 30.4 Å². The van der Waals surface area contributed by atoms with Gasteiger partial charge in [-0.25, -0.2) is 0 Å². The van der Waals surface area contributed by atoms with E-state index in [4.69, 9.17) is 44.8 Å². The molecule has 6 rings (SSSR count). The molecule has 0 amide bonds. The SMILES string of the molecule is ClCC1CO[C@@]2(O1)O[C@H](COCc1ccccc1)[C@@H](OCc1ccccc1)[C@H](OCc1ccccc1)[C@H]2OCc1ccccc1. The summed E-state index contributed by atoms with van der Waals surface area (Å²) in [6.07, 6.45) is -3.02. The summed E-state index contributed by atoms with van der Waals surface area (Å²) >= 11 is 6.26. The van der Waals surface area contributed by atoms with Crippen molar-refractivity contribution in [2.75, 3.05) is 19.1 Å². The quantitative estimate of drug-likeness (QED) is 0.144. The van der Waals surface area contributed by atoms with Crippen LogP contribution in [-0.4, -0.2) is 55.6 Å². The zero-order valence-electron chi connectivity index (χ0n) is 25.1. The minimum Gasteiger partial charge on any atom is -0.374 e. The third-order valence-electron chi connectivity index (χ3n) is 7.86. The van der Waals surface area contributed by atoms with E-state index in [-0.39, 0.29) is 25.2 Å². The van der Waals surface area contributed by atoms with E-state index in [1.54, 1.807) is 0 Å². The first-order valence-corrected chi connectivity index (χ1v) is 15.9. The molecule has 2 aliphatic heterocycles. The van der Waals surface area contributed by atoms with Crippen LogP contribution < -0.4 is 0 Å². The van der Waals surface area contributed by atoms with Crippen molar-refractivity contribution in [3.8, 4) is 0 Å². The first kappa shape index (κ1) is 31.9. The first-order chi connectivity index (χ1) is 22.2. The van der Waals surface area contributed by atoms with Crippen molar-refractivity contribution < 1.29 is 33.2 Å². The molecular formula is C37H39ClO7. The molecule has 4 aromatic carbocycles. The van der Waals surface area contributed by atoms with Crippen molar-refractivity contribution in [3.63, 3.8) is 0 Å². The summed E-state index contributed by atoms with van der Waals surface area (Å²) in [7, 11) is 0. The molecule has 6 atom stereocenters. The maximum Gasteiger partial charge on any atom is 0.314 e. The maximum atomic E-state index is 6.74. The highest BCUT2D eigenvalue weighted by molar-refractivity contribution is 6.18. The predicted molar refractivity (Wildman–Crippen MR) is 170 cm³/mol. The molecule has 2 heterocycles. The smallest absolute Gasteiger partial charge is 0.314 e. The highest BCUT2D eigenvalue weighted by atomic mass is 35.5. The number of hydrogen-bond acceptors (Lipinski definition) is 7. The molecule has 4 aromatic rings. The largest absolute Gasteiger partial charge is 0.374 e. The Hall–Kier alpha value is -3.11. The van der Waals surface area contributed by atoms with Crippen molar-refractivity contribution in [1.82, 2.24) is 0 Å². The van der Waals surface area contributed by atoms with E-state index in [1.807, 2.05) is 121 Å². The standard InChI is InChI=1S/C37H39ClO7/c38-21-32-26-43-37(44-32)36(42-25-31-19-11-4-12-20-31)35(41-24-30-17-9-3-10-18-30)34(40-23-29-15-7-2-8-16-29)33(45-37)27-39-22-28-13-5-1-6-14-28/h1-20,32-36H,21-27H2/t32?,33-,34-,35+,36-,37+/m1/s1. The summed E-state index contributed by atoms with van der Waals surface area (Å²) in [5.74, 6) is -1.32. The summed E-state index contributed by atoms with van der Waals surface area (Å²) in [6.45, 7) is 1.85. The Balaban J connectivity index is 1.32. The summed E-state index contributed by atoms with van der Waals surface area (Å²) in [4.78, 5) is 0. The van der Waals surface area contributed by atoms with Crippen LogP contribution in [0.2, 0.25) is 0 Å². The van der Waals surface area contributed by atoms with Gasteiger partial charge in [0, 0.05) is 0 Å². The Morgan fingerprint density at radius 3 is 1.53 bits per heavy atom. The van der Waals surface area contributed by atoms with Gasteiger partial charge in [0.25, 0.3) is 0 Å². The van der Waals surface area contributed by atoms with Gasteiger partial charge in [0.1, 0.15) is 24.4 Å². The summed E-state index contributed by atoms with van der Waals surface area (Å²) in [6, 6.07) is 40.0. The van der Waals surface area contributed by atoms with Crippen LogP contribution in [-0.2, 0) is 59.6 Å². The molecule has 0 radical (unpaired) electrons. The van der Waals surface area contributed by atoms with Crippen molar-refractivity contribution in [3.05, 3.63) is 144 Å². The van der Waals surface area contributed by atoms with Crippen LogP contribution in [0.15, 0.2) is 121 Å². The lowest BCUT2D eigenvalue weighted by Crippen LogP contribution is -2.67. The van der Waals surface area contributed by atoms with E-state index in [0.29, 0.717) is 26.4 Å². The van der Waals surface area contributed by atoms with Gasteiger partial charge in [-0.15, -0.1) is 11.6 Å². The number of rotatable bonds is 14. The maximum absolute atomic E-state index is 6.74. The Morgan fingerprint density at radius 1 is 0.578 bits per heavy atom. The van der Waals surface area contributed by atoms with Crippen LogP contribution in [0.4, 0.5) is 0 Å². The molecule has 2 fully saturated rings. The molecule has 0 bridgehead atoms. The van der Waals surface area contributed by atoms with Crippen molar-refractivity contribution in [2.24, 2.45) is 0 Å². The fraction of sp³-hybridized carbons (Fsp3) is 0.351. The van der Waals surface area contributed by atoms with Crippen LogP contribution in [0.3, 0.4) is 0 Å². The van der Waals surface area contributed by atoms with Gasteiger partial charge >= 0.3 is 5.97 Å². The number of benzene rings is 4. The van der Waals surface area contributed by atoms with Crippen molar-refractivity contribution in [2.45, 2.75) is 62.9 Å². The molecular weight excluding hydrogens is 592 g/mol. The number of alkyl halides is 1. The Bertz CT molecular complexity index is 1410. The Morgan fingerprint density at radius 2 is 1.04 bits per heavy atom. The molecule has 0 N–H and O–H groups in total. The lowest BCUT2D eigenvalue weighted by molar-refractivity contribution is -0.444. The summed E-state index contributed by atoms with van der Waals surface area (Å²) < 4.78 is 45.8. The molecule has 1 spiro atoms. The van der Waals surface area contributed by atoms with Gasteiger partial charge in [0.05, 0.1) is 45.5 Å². The van der Waals surface area contributed by atoms with Gasteiger partial charge in [0.2, 0.25) is 0 Å². The van der Waals surface area contributed by atoms with Crippen LogP contribution in [0.5, 0.6) is 0 Å². The number of hydrogen-bond donors (Lipinski definition) is 0. The van der Waals surface area contributed by atoms with Crippen LogP contribution in [0.25, 0.3) is 0 Å². The lowest BCUT2D eigenvalue weighted by atomic mass is 9.96. The molecule has 236 valence electrons. The van der Waals surface area contributed by atoms with Gasteiger partial charge in [-0.1, -0.05) is 121 Å². The molecule has 0 saturated carbocycles. The third-order valence-corrected chi connectivity index (χ3v) is 8.21. The van der Waals surface area contributed by atoms with E-state index >= 15 is 0 Å². The minimum absolute atomic E-state index is 0.213. The van der Waals surface area contributed by atoms with Gasteiger partial charge in [0.15, 0.2) is 6.10 Å². The van der Waals surface area contributed by atoms with Crippen LogP contribution >= 0.6 is 11.6 Å². The van der Waals surface area contributed by atoms with Crippen LogP contribution in [0.1, 0.15) is 22.3 Å². The van der Waals surface area contributed by atoms with Gasteiger partial charge < -0.3 is 33.2 Å². The second kappa shape index (κ2) is 15.9. The average molecular weight is 631 g/mol. The number of ether oxygens (including phenoxy) is 7. The zero-order chi connectivity index (χ0) is 30.7. The predicted octanol–water partition coefficient (Wildman–Crippen LogP) is 6.67. The second-order valence-corrected chi connectivity index (χ2v) is 11.5. The molecule has 0 aromatic heterocycles. The highest BCUT2D eigenvalue weighted by Crippen LogP contribution is 2.42. The Kier molecular flexibility index (Phi) is 11.3. The highest BCUT2D eigenvalue weighted by Gasteiger charge is 2.62. The zero-order valence-corrected chi connectivity index (χ0v) is 25.9. The van der Waals surface area contributed by atoms with Crippen molar-refractivity contribution >= 4 is 11.6 Å². The molecule has 2 saturated heterocycles. The Labute approximate surface area is 269 Å². The topological polar surface area (TPSA) is 64.6 Å². The van der Waals surface area contributed by atoms with Gasteiger partial charge in [-0.05, 0) is 22.3 Å². The lowest BCUT2D eigenvalue weighted by Gasteiger charge is -2.49. The fourth-order valence-electron chi connectivity index (χ4n) is 5.60. The fourth-order valence-corrected chi connectivity index (χ4v) is 5.75. The summed E-state index contributed by atoms with van der Waals surface area (Å²) in [5, 5.41) is 0. The molecule has 45 heavy (non-hydrogen) atoms. The summed E-state index contributed by atoms with van der Waals surface area (Å²) in [5.41, 5.74) is 4.10. The van der Waals surface area contributed by atoms with E-state index in [9.17, 15) is 0 Å². The molecule has 2 aliphatic rings. The van der Waals surface area contributed by atoms with Crippen LogP contribution in [0, 0.1) is 0 Å². The van der Waals surface area contributed by atoms with E-state index in [2.05, 4.69) is 0 Å². The van der Waals surface area contributed by atoms with E-state index in [0.717, 1.165) is 22.3 Å². The normalized spacial score (nSPS) is 26.3. The van der Waals surface area contributed by atoms with E-state index in [1.165, 1.54) is 0 Å². The molecule has 7 nitrogen and oxygen atoms in total. The number of halogens is 1. The van der Waals surface area contributed by atoms with Crippen molar-refractivity contribution in [1.29, 1.82) is 0 Å². The molecule has 8 heteroatoms. The van der Waals surface area contributed by atoms with Gasteiger partial charge in [-0.2, -0.15) is 0 Å². The second-order valence-electron chi connectivity index (χ2n) is 11.2. The molecule has 1 unspecified atom stereocenters. The van der Waals surface area contributed by atoms with Gasteiger partial charge in [-0.3, -0.25) is 0 Å². The molecule has 0 aliphatic carbocycles.